The molecule has 0 amide bonds. The Kier molecular flexibility index (Phi) is 4.64. The Morgan fingerprint density at radius 2 is 1.84 bits per heavy atom. The van der Waals surface area contributed by atoms with Gasteiger partial charge in [-0.05, 0) is 31.2 Å². The van der Waals surface area contributed by atoms with Gasteiger partial charge >= 0.3 is 0 Å². The highest BCUT2D eigenvalue weighted by Gasteiger charge is 2.22. The molecule has 0 atom stereocenters. The van der Waals surface area contributed by atoms with E-state index in [1.807, 2.05) is 0 Å². The van der Waals surface area contributed by atoms with E-state index in [4.69, 9.17) is 11.6 Å². The molecule has 0 radical (unpaired) electrons. The van der Waals surface area contributed by atoms with Gasteiger partial charge in [0.15, 0.2) is 5.78 Å². The Morgan fingerprint density at radius 1 is 1.16 bits per heavy atom. The Bertz CT molecular complexity index is 1040. The number of sulfonamides is 1. The Morgan fingerprint density at radius 3 is 2.48 bits per heavy atom. The van der Waals surface area contributed by atoms with Crippen molar-refractivity contribution in [3.63, 3.8) is 0 Å². The maximum atomic E-state index is 12.7. The molecule has 0 aliphatic carbocycles. The fourth-order valence-corrected chi connectivity index (χ4v) is 3.76. The van der Waals surface area contributed by atoms with Gasteiger partial charge in [-0.25, -0.2) is 13.4 Å². The van der Waals surface area contributed by atoms with Crippen LogP contribution in [0.15, 0.2) is 53.7 Å². The molecule has 2 aromatic heterocycles. The first-order chi connectivity index (χ1) is 11.8. The van der Waals surface area contributed by atoms with Crippen molar-refractivity contribution in [1.82, 2.24) is 13.7 Å². The Balaban J connectivity index is 1.84. The lowest BCUT2D eigenvalue weighted by molar-refractivity contribution is 0.101. The molecule has 8 heteroatoms. The lowest BCUT2D eigenvalue weighted by Gasteiger charge is -2.16. The molecule has 0 bridgehead atoms. The van der Waals surface area contributed by atoms with Gasteiger partial charge in [-0.3, -0.25) is 4.79 Å². The summed E-state index contributed by atoms with van der Waals surface area (Å²) in [5.41, 5.74) is 1.77. The molecule has 3 rings (SSSR count). The van der Waals surface area contributed by atoms with Gasteiger partial charge in [0.25, 0.3) is 0 Å². The predicted octanol–water partition coefficient (Wildman–Crippen LogP) is 3.01. The smallest absolute Gasteiger partial charge is 0.243 e. The number of imidazole rings is 1. The zero-order valence-corrected chi connectivity index (χ0v) is 15.3. The summed E-state index contributed by atoms with van der Waals surface area (Å²) in [6, 6.07) is 9.38. The molecule has 0 saturated carbocycles. The van der Waals surface area contributed by atoms with E-state index in [0.29, 0.717) is 21.9 Å². The van der Waals surface area contributed by atoms with Gasteiger partial charge in [-0.1, -0.05) is 23.7 Å². The molecule has 2 heterocycles. The summed E-state index contributed by atoms with van der Waals surface area (Å²) in [6.45, 7) is 1.56. The molecule has 0 N–H and O–H groups in total. The van der Waals surface area contributed by atoms with Crippen LogP contribution < -0.4 is 0 Å². The normalized spacial score (nSPS) is 12.0. The van der Waals surface area contributed by atoms with Crippen LogP contribution in [-0.4, -0.2) is 34.9 Å². The van der Waals surface area contributed by atoms with Gasteiger partial charge in [0.2, 0.25) is 10.0 Å². The minimum atomic E-state index is -3.68. The monoisotopic (exact) mass is 377 g/mol. The van der Waals surface area contributed by atoms with E-state index in [0.717, 1.165) is 0 Å². The van der Waals surface area contributed by atoms with Crippen molar-refractivity contribution in [2.45, 2.75) is 18.4 Å². The van der Waals surface area contributed by atoms with Crippen LogP contribution in [0.25, 0.3) is 5.65 Å². The van der Waals surface area contributed by atoms with Gasteiger partial charge in [0.1, 0.15) is 5.65 Å². The third-order valence-electron chi connectivity index (χ3n) is 3.82. The minimum absolute atomic E-state index is 0.110. The van der Waals surface area contributed by atoms with E-state index in [1.165, 1.54) is 42.5 Å². The number of hydrogen-bond donors (Lipinski definition) is 0. The van der Waals surface area contributed by atoms with Crippen LogP contribution >= 0.6 is 11.6 Å². The second-order valence-electron chi connectivity index (χ2n) is 5.69. The number of Topliss-reactive ketones (excluding diaryl/α,β-unsaturated/α-hetero) is 1. The molecule has 6 nitrogen and oxygen atoms in total. The molecule has 0 spiro atoms. The van der Waals surface area contributed by atoms with Crippen molar-refractivity contribution < 1.29 is 13.2 Å². The van der Waals surface area contributed by atoms with Crippen molar-refractivity contribution in [1.29, 1.82) is 0 Å². The first kappa shape index (κ1) is 17.6. The second-order valence-corrected chi connectivity index (χ2v) is 8.17. The van der Waals surface area contributed by atoms with Crippen LogP contribution in [-0.2, 0) is 16.6 Å². The molecule has 25 heavy (non-hydrogen) atoms. The lowest BCUT2D eigenvalue weighted by Crippen LogP contribution is -2.26. The maximum absolute atomic E-state index is 12.7. The van der Waals surface area contributed by atoms with E-state index >= 15 is 0 Å². The number of ketones is 1. The Labute approximate surface area is 150 Å². The van der Waals surface area contributed by atoms with Crippen LogP contribution in [0.3, 0.4) is 0 Å². The van der Waals surface area contributed by atoms with Crippen molar-refractivity contribution in [2.75, 3.05) is 7.05 Å². The van der Waals surface area contributed by atoms with Crippen molar-refractivity contribution in [3.05, 3.63) is 65.1 Å². The summed E-state index contributed by atoms with van der Waals surface area (Å²) in [5.74, 6) is -0.110. The van der Waals surface area contributed by atoms with Crippen LogP contribution in [0.5, 0.6) is 0 Å². The number of rotatable bonds is 5. The summed E-state index contributed by atoms with van der Waals surface area (Å²) in [5, 5.41) is 0.572. The summed E-state index contributed by atoms with van der Waals surface area (Å²) >= 11 is 5.94. The third-order valence-corrected chi connectivity index (χ3v) is 5.86. The molecule has 0 aliphatic rings. The SMILES string of the molecule is CC(=O)c1ccc(S(=O)(=O)N(C)Cc2cn3cc(Cl)ccc3n2)cc1. The van der Waals surface area contributed by atoms with Crippen LogP contribution in [0.2, 0.25) is 5.02 Å². The molecule has 0 fully saturated rings. The van der Waals surface area contributed by atoms with Crippen LogP contribution in [0.1, 0.15) is 23.0 Å². The largest absolute Gasteiger partial charge is 0.305 e. The van der Waals surface area contributed by atoms with Gasteiger partial charge in [-0.15, -0.1) is 0 Å². The van der Waals surface area contributed by atoms with E-state index in [1.54, 1.807) is 28.9 Å². The summed E-state index contributed by atoms with van der Waals surface area (Å²) in [6.07, 6.45) is 3.45. The standard InChI is InChI=1S/C17H16ClN3O3S/c1-12(22)13-3-6-16(7-4-13)25(23,24)20(2)10-15-11-21-9-14(18)5-8-17(21)19-15/h3-9,11H,10H2,1-2H3. The summed E-state index contributed by atoms with van der Waals surface area (Å²) in [4.78, 5) is 15.8. The molecule has 130 valence electrons. The number of fused-ring (bicyclic) bond motifs is 1. The van der Waals surface area contributed by atoms with E-state index in [2.05, 4.69) is 4.98 Å². The highest BCUT2D eigenvalue weighted by molar-refractivity contribution is 7.89. The molecular weight excluding hydrogens is 362 g/mol. The fourth-order valence-electron chi connectivity index (χ4n) is 2.45. The molecule has 0 unspecified atom stereocenters. The topological polar surface area (TPSA) is 71.8 Å². The number of carbonyl (C=O) groups excluding carboxylic acids is 1. The average Bonchev–Trinajstić information content (AvgIpc) is 2.96. The van der Waals surface area contributed by atoms with E-state index in [9.17, 15) is 13.2 Å². The zero-order chi connectivity index (χ0) is 18.2. The van der Waals surface area contributed by atoms with E-state index in [-0.39, 0.29) is 17.2 Å². The highest BCUT2D eigenvalue weighted by atomic mass is 35.5. The van der Waals surface area contributed by atoms with Gasteiger partial charge in [-0.2, -0.15) is 4.31 Å². The first-order valence-electron chi connectivity index (χ1n) is 7.48. The fraction of sp³-hybridized carbons (Fsp3) is 0.176. The molecule has 1 aromatic carbocycles. The zero-order valence-electron chi connectivity index (χ0n) is 13.7. The molecular formula is C17H16ClN3O3S. The quantitative estimate of drug-likeness (QED) is 0.641. The number of nitrogens with zero attached hydrogens (tertiary/aromatic N) is 3. The van der Waals surface area contributed by atoms with E-state index < -0.39 is 10.0 Å². The number of hydrogen-bond acceptors (Lipinski definition) is 4. The van der Waals surface area contributed by atoms with Crippen molar-refractivity contribution >= 4 is 33.1 Å². The van der Waals surface area contributed by atoms with Gasteiger partial charge in [0, 0.05) is 25.0 Å². The minimum Gasteiger partial charge on any atom is -0.305 e. The van der Waals surface area contributed by atoms with Gasteiger partial charge in [0.05, 0.1) is 22.2 Å². The van der Waals surface area contributed by atoms with Gasteiger partial charge < -0.3 is 4.40 Å². The number of aromatic nitrogens is 2. The lowest BCUT2D eigenvalue weighted by atomic mass is 10.2. The first-order valence-corrected chi connectivity index (χ1v) is 9.29. The molecule has 0 aliphatic heterocycles. The van der Waals surface area contributed by atoms with Crippen molar-refractivity contribution in [2.24, 2.45) is 0 Å². The number of carbonyl (C=O) groups is 1. The maximum Gasteiger partial charge on any atom is 0.243 e. The predicted molar refractivity (Wildman–Crippen MR) is 95.3 cm³/mol. The number of halogens is 1. The second kappa shape index (κ2) is 6.59. The third kappa shape index (κ3) is 3.58. The molecule has 3 aromatic rings. The summed E-state index contributed by atoms with van der Waals surface area (Å²) < 4.78 is 28.3. The average molecular weight is 378 g/mol. The number of benzene rings is 1. The highest BCUT2D eigenvalue weighted by Crippen LogP contribution is 2.18. The van der Waals surface area contributed by atoms with Crippen molar-refractivity contribution in [3.8, 4) is 0 Å². The summed E-state index contributed by atoms with van der Waals surface area (Å²) in [7, 11) is -2.19. The Hall–Kier alpha value is -2.22. The van der Waals surface area contributed by atoms with Crippen LogP contribution in [0.4, 0.5) is 0 Å². The molecule has 0 saturated heterocycles. The number of pyridine rings is 1. The van der Waals surface area contributed by atoms with Crippen LogP contribution in [0, 0.1) is 0 Å².